The van der Waals surface area contributed by atoms with E-state index in [1.165, 1.54) is 18.6 Å². The molecule has 1 aromatic rings. The molecule has 4 nitrogen and oxygen atoms in total. The lowest BCUT2D eigenvalue weighted by molar-refractivity contribution is -0.135. The number of para-hydroxylation sites is 1. The normalized spacial score (nSPS) is 19.8. The molecular formula is C16H22ClFN2O2. The highest BCUT2D eigenvalue weighted by Crippen LogP contribution is 2.36. The molecule has 2 aliphatic rings. The first-order chi connectivity index (χ1) is 10.2. The number of amides is 1. The first-order valence-corrected chi connectivity index (χ1v) is 7.54. The number of hydrogen-bond donors (Lipinski definition) is 1. The Labute approximate surface area is 136 Å². The summed E-state index contributed by atoms with van der Waals surface area (Å²) in [6.07, 6.45) is 3.30. The van der Waals surface area contributed by atoms with E-state index in [1.54, 1.807) is 12.1 Å². The van der Waals surface area contributed by atoms with Crippen molar-refractivity contribution in [3.05, 3.63) is 30.1 Å². The molecule has 2 fully saturated rings. The molecule has 0 bridgehead atoms. The van der Waals surface area contributed by atoms with Crippen LogP contribution in [-0.4, -0.2) is 43.6 Å². The Hall–Kier alpha value is -1.33. The minimum atomic E-state index is -0.431. The molecule has 2 heterocycles. The fourth-order valence-corrected chi connectivity index (χ4v) is 3.25. The summed E-state index contributed by atoms with van der Waals surface area (Å²) in [5.74, 6) is -0.349. The van der Waals surface area contributed by atoms with Gasteiger partial charge in [-0.1, -0.05) is 12.1 Å². The number of carbonyl (C=O) groups is 1. The molecule has 0 radical (unpaired) electrons. The second kappa shape index (κ2) is 7.29. The summed E-state index contributed by atoms with van der Waals surface area (Å²) >= 11 is 0. The summed E-state index contributed by atoms with van der Waals surface area (Å²) in [5.41, 5.74) is 0.392. The second-order valence-corrected chi connectivity index (χ2v) is 6.03. The van der Waals surface area contributed by atoms with Crippen molar-refractivity contribution in [3.63, 3.8) is 0 Å². The molecule has 122 valence electrons. The third-order valence-electron chi connectivity index (χ3n) is 4.70. The van der Waals surface area contributed by atoms with Gasteiger partial charge in [0.15, 0.2) is 18.2 Å². The zero-order valence-corrected chi connectivity index (χ0v) is 13.3. The number of nitrogens with one attached hydrogen (secondary N) is 1. The van der Waals surface area contributed by atoms with Gasteiger partial charge in [-0.05, 0) is 43.4 Å². The van der Waals surface area contributed by atoms with E-state index in [0.717, 1.165) is 39.0 Å². The van der Waals surface area contributed by atoms with Crippen LogP contribution >= 0.6 is 12.4 Å². The zero-order chi connectivity index (χ0) is 14.7. The predicted molar refractivity (Wildman–Crippen MR) is 84.9 cm³/mol. The highest BCUT2D eigenvalue weighted by atomic mass is 35.5. The lowest BCUT2D eigenvalue weighted by Crippen LogP contribution is -2.45. The Bertz CT molecular complexity index is 511. The minimum absolute atomic E-state index is 0. The average Bonchev–Trinajstić information content (AvgIpc) is 2.95. The van der Waals surface area contributed by atoms with E-state index in [4.69, 9.17) is 4.74 Å². The second-order valence-electron chi connectivity index (χ2n) is 6.03. The number of benzene rings is 1. The summed E-state index contributed by atoms with van der Waals surface area (Å²) in [6.45, 7) is 3.62. The molecule has 3 rings (SSSR count). The van der Waals surface area contributed by atoms with Crippen LogP contribution in [0, 0.1) is 11.2 Å². The molecule has 1 N–H and O–H groups in total. The van der Waals surface area contributed by atoms with E-state index < -0.39 is 5.82 Å². The minimum Gasteiger partial charge on any atom is -0.481 e. The van der Waals surface area contributed by atoms with Crippen LogP contribution in [0.15, 0.2) is 24.3 Å². The first-order valence-electron chi connectivity index (χ1n) is 7.54. The Morgan fingerprint density at radius 2 is 2.00 bits per heavy atom. The maximum Gasteiger partial charge on any atom is 0.260 e. The molecule has 22 heavy (non-hydrogen) atoms. The average molecular weight is 329 g/mol. The Balaban J connectivity index is 0.00000176. The van der Waals surface area contributed by atoms with Crippen molar-refractivity contribution in [3.8, 4) is 5.75 Å². The monoisotopic (exact) mass is 328 g/mol. The van der Waals surface area contributed by atoms with Crippen molar-refractivity contribution >= 4 is 18.3 Å². The van der Waals surface area contributed by atoms with E-state index in [9.17, 15) is 9.18 Å². The van der Waals surface area contributed by atoms with Crippen LogP contribution in [0.4, 0.5) is 4.39 Å². The Morgan fingerprint density at radius 1 is 1.27 bits per heavy atom. The van der Waals surface area contributed by atoms with Crippen molar-refractivity contribution in [1.82, 2.24) is 10.2 Å². The third kappa shape index (κ3) is 3.70. The molecule has 1 spiro atoms. The molecule has 0 atom stereocenters. The van der Waals surface area contributed by atoms with Gasteiger partial charge >= 0.3 is 0 Å². The Kier molecular flexibility index (Phi) is 5.64. The largest absolute Gasteiger partial charge is 0.481 e. The topological polar surface area (TPSA) is 41.6 Å². The molecule has 0 unspecified atom stereocenters. The number of halogens is 2. The predicted octanol–water partition coefficient (Wildman–Crippen LogP) is 2.23. The summed E-state index contributed by atoms with van der Waals surface area (Å²) in [7, 11) is 0. The van der Waals surface area contributed by atoms with Crippen LogP contribution in [0.5, 0.6) is 5.75 Å². The van der Waals surface area contributed by atoms with E-state index in [2.05, 4.69) is 5.32 Å². The molecule has 0 aromatic heterocycles. The molecule has 6 heteroatoms. The van der Waals surface area contributed by atoms with Crippen LogP contribution in [0.1, 0.15) is 19.3 Å². The van der Waals surface area contributed by atoms with Crippen LogP contribution in [-0.2, 0) is 4.79 Å². The van der Waals surface area contributed by atoms with Crippen LogP contribution in [0.2, 0.25) is 0 Å². The van der Waals surface area contributed by atoms with Gasteiger partial charge in [-0.2, -0.15) is 0 Å². The summed E-state index contributed by atoms with van der Waals surface area (Å²) in [4.78, 5) is 14.0. The number of piperidine rings is 1. The van der Waals surface area contributed by atoms with Gasteiger partial charge in [-0.15, -0.1) is 12.4 Å². The summed E-state index contributed by atoms with van der Waals surface area (Å²) in [5, 5.41) is 3.41. The number of hydrogen-bond acceptors (Lipinski definition) is 3. The van der Waals surface area contributed by atoms with Gasteiger partial charge in [0, 0.05) is 19.6 Å². The van der Waals surface area contributed by atoms with E-state index in [1.807, 2.05) is 4.90 Å². The molecule has 0 aliphatic carbocycles. The SMILES string of the molecule is Cl.O=C(COc1ccccc1F)N1CCC2(CCNC2)CC1. The number of rotatable bonds is 3. The van der Waals surface area contributed by atoms with Gasteiger partial charge in [0.1, 0.15) is 0 Å². The molecular weight excluding hydrogens is 307 g/mol. The Morgan fingerprint density at radius 3 is 2.64 bits per heavy atom. The molecule has 1 amide bonds. The molecule has 2 saturated heterocycles. The number of likely N-dealkylation sites (tertiary alicyclic amines) is 1. The number of ether oxygens (including phenoxy) is 1. The maximum absolute atomic E-state index is 13.4. The summed E-state index contributed by atoms with van der Waals surface area (Å²) < 4.78 is 18.7. The van der Waals surface area contributed by atoms with Gasteiger partial charge in [-0.3, -0.25) is 4.79 Å². The van der Waals surface area contributed by atoms with Crippen LogP contribution in [0.3, 0.4) is 0 Å². The van der Waals surface area contributed by atoms with Gasteiger partial charge < -0.3 is 15.0 Å². The molecule has 2 aliphatic heterocycles. The first kappa shape index (κ1) is 17.0. The smallest absolute Gasteiger partial charge is 0.260 e. The van der Waals surface area contributed by atoms with Gasteiger partial charge in [0.05, 0.1) is 0 Å². The maximum atomic E-state index is 13.4. The van der Waals surface area contributed by atoms with Crippen molar-refractivity contribution in [2.75, 3.05) is 32.8 Å². The van der Waals surface area contributed by atoms with Crippen LogP contribution < -0.4 is 10.1 Å². The van der Waals surface area contributed by atoms with Gasteiger partial charge in [0.25, 0.3) is 5.91 Å². The van der Waals surface area contributed by atoms with Crippen molar-refractivity contribution < 1.29 is 13.9 Å². The number of carbonyl (C=O) groups excluding carboxylic acids is 1. The van der Waals surface area contributed by atoms with E-state index >= 15 is 0 Å². The highest BCUT2D eigenvalue weighted by molar-refractivity contribution is 5.85. The lowest BCUT2D eigenvalue weighted by atomic mass is 9.78. The van der Waals surface area contributed by atoms with Crippen molar-refractivity contribution in [2.24, 2.45) is 5.41 Å². The fourth-order valence-electron chi connectivity index (χ4n) is 3.25. The standard InChI is InChI=1S/C16H21FN2O2.ClH/c17-13-3-1-2-4-14(13)21-11-15(20)19-9-6-16(7-10-19)5-8-18-12-16;/h1-4,18H,5-12H2;1H. The fraction of sp³-hybridized carbons (Fsp3) is 0.562. The van der Waals surface area contributed by atoms with Crippen molar-refractivity contribution in [1.29, 1.82) is 0 Å². The zero-order valence-electron chi connectivity index (χ0n) is 12.5. The molecule has 1 aromatic carbocycles. The van der Waals surface area contributed by atoms with E-state index in [-0.39, 0.29) is 30.7 Å². The quantitative estimate of drug-likeness (QED) is 0.925. The van der Waals surface area contributed by atoms with Crippen molar-refractivity contribution in [2.45, 2.75) is 19.3 Å². The van der Waals surface area contributed by atoms with E-state index in [0.29, 0.717) is 5.41 Å². The molecule has 0 saturated carbocycles. The van der Waals surface area contributed by atoms with Crippen LogP contribution in [0.25, 0.3) is 0 Å². The van der Waals surface area contributed by atoms with Gasteiger partial charge in [0.2, 0.25) is 0 Å². The van der Waals surface area contributed by atoms with Gasteiger partial charge in [-0.25, -0.2) is 4.39 Å². The number of nitrogens with zero attached hydrogens (tertiary/aromatic N) is 1. The third-order valence-corrected chi connectivity index (χ3v) is 4.70. The lowest BCUT2D eigenvalue weighted by Gasteiger charge is -2.38. The summed E-state index contributed by atoms with van der Waals surface area (Å²) in [6, 6.07) is 6.17. The highest BCUT2D eigenvalue weighted by Gasteiger charge is 2.38.